The molecule has 0 aromatic heterocycles. The maximum absolute atomic E-state index is 11.1. The van der Waals surface area contributed by atoms with Crippen molar-refractivity contribution >= 4 is 12.2 Å². The summed E-state index contributed by atoms with van der Waals surface area (Å²) in [5, 5.41) is 4.17. The number of carbonyl (C=O) groups excluding carboxylic acids is 1. The van der Waals surface area contributed by atoms with Crippen LogP contribution in [0.1, 0.15) is 75.3 Å². The molecular formula is C22H31NO4. The van der Waals surface area contributed by atoms with Crippen molar-refractivity contribution < 1.29 is 19.1 Å². The molecule has 1 fully saturated rings. The fourth-order valence-electron chi connectivity index (χ4n) is 4.39. The van der Waals surface area contributed by atoms with Gasteiger partial charge in [-0.2, -0.15) is 0 Å². The van der Waals surface area contributed by atoms with E-state index in [1.807, 2.05) is 6.07 Å². The fraction of sp³-hybridized carbons (Fsp3) is 0.636. The Morgan fingerprint density at radius 2 is 2.11 bits per heavy atom. The van der Waals surface area contributed by atoms with E-state index in [1.54, 1.807) is 7.11 Å². The second-order valence-electron chi connectivity index (χ2n) is 7.64. The Kier molecular flexibility index (Phi) is 7.13. The molecule has 1 aromatic carbocycles. The average Bonchev–Trinajstić information content (AvgIpc) is 2.68. The minimum Gasteiger partial charge on any atom is -0.493 e. The van der Waals surface area contributed by atoms with Gasteiger partial charge in [-0.3, -0.25) is 4.79 Å². The second kappa shape index (κ2) is 9.77. The van der Waals surface area contributed by atoms with Gasteiger partial charge in [-0.15, -0.1) is 0 Å². The summed E-state index contributed by atoms with van der Waals surface area (Å²) >= 11 is 0. The lowest BCUT2D eigenvalue weighted by Crippen LogP contribution is -2.32. The van der Waals surface area contributed by atoms with Gasteiger partial charge < -0.3 is 14.3 Å². The largest absolute Gasteiger partial charge is 0.493 e. The van der Waals surface area contributed by atoms with Crippen LogP contribution >= 0.6 is 0 Å². The number of rotatable bonds is 9. The van der Waals surface area contributed by atoms with Crippen LogP contribution in [0.5, 0.6) is 11.5 Å². The van der Waals surface area contributed by atoms with Crippen LogP contribution in [-0.2, 0) is 16.1 Å². The first kappa shape index (κ1) is 19.7. The van der Waals surface area contributed by atoms with Crippen molar-refractivity contribution in [3.05, 3.63) is 23.3 Å². The van der Waals surface area contributed by atoms with E-state index in [0.717, 1.165) is 55.7 Å². The lowest BCUT2D eigenvalue weighted by atomic mass is 9.73. The number of nitrogens with zero attached hydrogens (tertiary/aromatic N) is 1. The number of oxime groups is 1. The molecule has 2 unspecified atom stereocenters. The first-order chi connectivity index (χ1) is 13.3. The van der Waals surface area contributed by atoms with E-state index in [1.165, 1.54) is 31.2 Å². The molecule has 0 N–H and O–H groups in total. The lowest BCUT2D eigenvalue weighted by Gasteiger charge is -2.38. The Labute approximate surface area is 162 Å². The van der Waals surface area contributed by atoms with Crippen molar-refractivity contribution in [2.45, 2.75) is 70.6 Å². The Morgan fingerprint density at radius 3 is 2.89 bits per heavy atom. The zero-order valence-electron chi connectivity index (χ0n) is 16.5. The monoisotopic (exact) mass is 373 g/mol. The van der Waals surface area contributed by atoms with Crippen LogP contribution in [-0.4, -0.2) is 25.9 Å². The van der Waals surface area contributed by atoms with Crippen LogP contribution < -0.4 is 9.47 Å². The van der Waals surface area contributed by atoms with Gasteiger partial charge >= 0.3 is 0 Å². The summed E-state index contributed by atoms with van der Waals surface area (Å²) in [4.78, 5) is 16.1. The van der Waals surface area contributed by atoms with Crippen molar-refractivity contribution in [3.63, 3.8) is 0 Å². The van der Waals surface area contributed by atoms with E-state index >= 15 is 0 Å². The van der Waals surface area contributed by atoms with Crippen molar-refractivity contribution in [1.82, 2.24) is 0 Å². The molecule has 1 heterocycles. The van der Waals surface area contributed by atoms with Crippen LogP contribution in [0.4, 0.5) is 0 Å². The van der Waals surface area contributed by atoms with Gasteiger partial charge in [-0.05, 0) is 49.8 Å². The molecular weight excluding hydrogens is 342 g/mol. The Bertz CT molecular complexity index is 671. The smallest absolute Gasteiger partial charge is 0.298 e. The minimum atomic E-state index is 0.268. The summed E-state index contributed by atoms with van der Waals surface area (Å²) in [6.07, 6.45) is 9.98. The van der Waals surface area contributed by atoms with Crippen LogP contribution in [0.15, 0.2) is 17.3 Å². The number of unbranched alkanes of at least 4 members (excludes halogenated alkanes) is 4. The fourth-order valence-corrected chi connectivity index (χ4v) is 4.39. The minimum absolute atomic E-state index is 0.268. The van der Waals surface area contributed by atoms with E-state index < -0.39 is 0 Å². The van der Waals surface area contributed by atoms with Crippen LogP contribution in [0.3, 0.4) is 0 Å². The molecule has 2 atom stereocenters. The van der Waals surface area contributed by atoms with Gasteiger partial charge in [0.15, 0.2) is 0 Å². The molecule has 0 saturated heterocycles. The molecule has 5 nitrogen and oxygen atoms in total. The predicted molar refractivity (Wildman–Crippen MR) is 106 cm³/mol. The molecule has 27 heavy (non-hydrogen) atoms. The highest BCUT2D eigenvalue weighted by Crippen LogP contribution is 2.49. The van der Waals surface area contributed by atoms with Gasteiger partial charge in [0, 0.05) is 17.4 Å². The van der Waals surface area contributed by atoms with Crippen LogP contribution in [0, 0.1) is 5.92 Å². The van der Waals surface area contributed by atoms with Crippen LogP contribution in [0.25, 0.3) is 0 Å². The number of aryl methyl sites for hydroxylation is 1. The van der Waals surface area contributed by atoms with Gasteiger partial charge in [0.05, 0.1) is 12.3 Å². The SMILES string of the molecule is CCCCCCCc1cc(OC=O)c2c(c1)OCC1CC/C(=N\OC)CC21. The highest BCUT2D eigenvalue weighted by atomic mass is 16.6. The normalized spacial score (nSPS) is 22.5. The van der Waals surface area contributed by atoms with E-state index in [2.05, 4.69) is 18.1 Å². The molecule has 2 aliphatic rings. The second-order valence-corrected chi connectivity index (χ2v) is 7.64. The summed E-state index contributed by atoms with van der Waals surface area (Å²) < 4.78 is 11.5. The van der Waals surface area contributed by atoms with Crippen molar-refractivity contribution in [3.8, 4) is 11.5 Å². The third-order valence-corrected chi connectivity index (χ3v) is 5.78. The molecule has 5 heteroatoms. The highest BCUT2D eigenvalue weighted by Gasteiger charge is 2.38. The third kappa shape index (κ3) is 4.82. The summed E-state index contributed by atoms with van der Waals surface area (Å²) in [6.45, 7) is 3.47. The number of carbonyl (C=O) groups is 1. The summed E-state index contributed by atoms with van der Waals surface area (Å²) in [6, 6.07) is 4.17. The molecule has 0 amide bonds. The zero-order valence-corrected chi connectivity index (χ0v) is 16.5. The molecule has 0 spiro atoms. The van der Waals surface area contributed by atoms with Gasteiger partial charge in [0.25, 0.3) is 6.47 Å². The van der Waals surface area contributed by atoms with E-state index in [4.69, 9.17) is 14.3 Å². The molecule has 0 radical (unpaired) electrons. The molecule has 1 aliphatic heterocycles. The molecule has 1 saturated carbocycles. The Hall–Kier alpha value is -2.04. The standard InChI is InChI=1S/C22H31NO4/c1-3-4-5-6-7-8-16-11-20-22(21(12-16)27-15-24)19-13-18(23-25-2)10-9-17(19)14-26-20/h11-12,15,17,19H,3-10,13-14H2,1-2H3/b23-18+. The quantitative estimate of drug-likeness (QED) is 0.347. The molecule has 1 aliphatic carbocycles. The first-order valence-corrected chi connectivity index (χ1v) is 10.3. The molecule has 0 bridgehead atoms. The predicted octanol–water partition coefficient (Wildman–Crippen LogP) is 5.01. The van der Waals surface area contributed by atoms with E-state index in [-0.39, 0.29) is 5.92 Å². The highest BCUT2D eigenvalue weighted by molar-refractivity contribution is 5.86. The van der Waals surface area contributed by atoms with Crippen molar-refractivity contribution in [2.75, 3.05) is 13.7 Å². The third-order valence-electron chi connectivity index (χ3n) is 5.78. The number of fused-ring (bicyclic) bond motifs is 3. The van der Waals surface area contributed by atoms with Crippen LogP contribution in [0.2, 0.25) is 0 Å². The molecule has 1 aromatic rings. The topological polar surface area (TPSA) is 57.1 Å². The van der Waals surface area contributed by atoms with Crippen molar-refractivity contribution in [1.29, 1.82) is 0 Å². The average molecular weight is 373 g/mol. The number of ether oxygens (including phenoxy) is 2. The maximum Gasteiger partial charge on any atom is 0.298 e. The van der Waals surface area contributed by atoms with E-state index in [0.29, 0.717) is 18.1 Å². The first-order valence-electron chi connectivity index (χ1n) is 10.3. The summed E-state index contributed by atoms with van der Waals surface area (Å²) in [7, 11) is 1.59. The Balaban J connectivity index is 1.81. The van der Waals surface area contributed by atoms with Gasteiger partial charge in [-0.25, -0.2) is 0 Å². The maximum atomic E-state index is 11.1. The number of benzene rings is 1. The van der Waals surface area contributed by atoms with Gasteiger partial charge in [0.1, 0.15) is 18.6 Å². The molecule has 3 rings (SSSR count). The van der Waals surface area contributed by atoms with Gasteiger partial charge in [0.2, 0.25) is 0 Å². The van der Waals surface area contributed by atoms with E-state index in [9.17, 15) is 4.79 Å². The summed E-state index contributed by atoms with van der Waals surface area (Å²) in [5.41, 5.74) is 3.28. The Morgan fingerprint density at radius 1 is 1.26 bits per heavy atom. The van der Waals surface area contributed by atoms with Crippen molar-refractivity contribution in [2.24, 2.45) is 11.1 Å². The summed E-state index contributed by atoms with van der Waals surface area (Å²) in [5.74, 6) is 2.23. The number of hydrogen-bond acceptors (Lipinski definition) is 5. The lowest BCUT2D eigenvalue weighted by molar-refractivity contribution is -0.120. The number of hydrogen-bond donors (Lipinski definition) is 0. The van der Waals surface area contributed by atoms with Gasteiger partial charge in [-0.1, -0.05) is 37.8 Å². The molecule has 148 valence electrons. The zero-order chi connectivity index (χ0) is 19.1.